The monoisotopic (exact) mass is 298 g/mol. The third-order valence-electron chi connectivity index (χ3n) is 4.36. The molecule has 7 heteroatoms. The first-order valence-electron chi connectivity index (χ1n) is 7.33. The molecule has 0 aromatic carbocycles. The lowest BCUT2D eigenvalue weighted by Crippen LogP contribution is -2.53. The Morgan fingerprint density at radius 1 is 1.05 bits per heavy atom. The summed E-state index contributed by atoms with van der Waals surface area (Å²) in [6.07, 6.45) is 2.02. The van der Waals surface area contributed by atoms with Gasteiger partial charge >= 0.3 is 5.97 Å². The number of nitrogens with zero attached hydrogens (tertiary/aromatic N) is 2. The number of carbonyl (C=O) groups excluding carboxylic acids is 2. The number of aliphatic carboxylic acids is 1. The third-order valence-corrected chi connectivity index (χ3v) is 4.36. The van der Waals surface area contributed by atoms with Gasteiger partial charge in [0, 0.05) is 33.3 Å². The van der Waals surface area contributed by atoms with E-state index in [9.17, 15) is 14.4 Å². The highest BCUT2D eigenvalue weighted by molar-refractivity contribution is 5.85. The first-order chi connectivity index (χ1) is 10.0. The molecule has 2 rings (SSSR count). The van der Waals surface area contributed by atoms with Crippen LogP contribution in [0.3, 0.4) is 0 Å². The maximum absolute atomic E-state index is 12.5. The molecule has 1 heterocycles. The van der Waals surface area contributed by atoms with Crippen LogP contribution in [-0.4, -0.2) is 72.6 Å². The van der Waals surface area contributed by atoms with Gasteiger partial charge in [-0.3, -0.25) is 14.4 Å². The Hall–Kier alpha value is -1.63. The van der Waals surface area contributed by atoms with Crippen LogP contribution in [-0.2, 0) is 19.1 Å². The Kier molecular flexibility index (Phi) is 5.17. The summed E-state index contributed by atoms with van der Waals surface area (Å²) in [4.78, 5) is 38.7. The van der Waals surface area contributed by atoms with Gasteiger partial charge in [-0.25, -0.2) is 0 Å². The lowest BCUT2D eigenvalue weighted by atomic mass is 9.94. The van der Waals surface area contributed by atoms with Crippen molar-refractivity contribution in [3.8, 4) is 0 Å². The van der Waals surface area contributed by atoms with E-state index in [0.717, 1.165) is 6.42 Å². The minimum atomic E-state index is -0.875. The van der Waals surface area contributed by atoms with E-state index in [1.807, 2.05) is 0 Å². The minimum Gasteiger partial charge on any atom is -0.481 e. The summed E-state index contributed by atoms with van der Waals surface area (Å²) in [7, 11) is 1.48. The second-order valence-corrected chi connectivity index (χ2v) is 5.62. The number of carboxylic acid groups (broad SMARTS) is 1. The first kappa shape index (κ1) is 15.8. The van der Waals surface area contributed by atoms with E-state index in [2.05, 4.69) is 0 Å². The zero-order valence-corrected chi connectivity index (χ0v) is 12.3. The van der Waals surface area contributed by atoms with Gasteiger partial charge in [0.1, 0.15) is 6.61 Å². The van der Waals surface area contributed by atoms with Gasteiger partial charge in [0.05, 0.1) is 11.8 Å². The largest absolute Gasteiger partial charge is 0.481 e. The molecular formula is C14H22N2O5. The predicted octanol–water partition coefficient (Wildman–Crippen LogP) is -0.195. The Balaban J connectivity index is 1.88. The molecule has 0 aromatic rings. The van der Waals surface area contributed by atoms with Gasteiger partial charge in [0.25, 0.3) is 0 Å². The zero-order chi connectivity index (χ0) is 15.4. The predicted molar refractivity (Wildman–Crippen MR) is 73.5 cm³/mol. The summed E-state index contributed by atoms with van der Waals surface area (Å²) in [6.45, 7) is 1.96. The number of rotatable bonds is 4. The van der Waals surface area contributed by atoms with E-state index in [-0.39, 0.29) is 18.4 Å². The van der Waals surface area contributed by atoms with Crippen LogP contribution in [0.15, 0.2) is 0 Å². The number of ether oxygens (including phenoxy) is 1. The molecule has 0 spiro atoms. The molecule has 118 valence electrons. The van der Waals surface area contributed by atoms with Crippen LogP contribution in [0.4, 0.5) is 0 Å². The van der Waals surface area contributed by atoms with Gasteiger partial charge in [0.2, 0.25) is 11.8 Å². The second-order valence-electron chi connectivity index (χ2n) is 5.62. The van der Waals surface area contributed by atoms with Crippen molar-refractivity contribution < 1.29 is 24.2 Å². The molecule has 0 radical (unpaired) electrons. The van der Waals surface area contributed by atoms with Crippen LogP contribution in [0.1, 0.15) is 19.3 Å². The molecule has 1 aliphatic carbocycles. The van der Waals surface area contributed by atoms with Crippen molar-refractivity contribution in [2.24, 2.45) is 11.8 Å². The van der Waals surface area contributed by atoms with Crippen molar-refractivity contribution in [1.29, 1.82) is 0 Å². The summed E-state index contributed by atoms with van der Waals surface area (Å²) in [5.41, 5.74) is 0. The van der Waals surface area contributed by atoms with E-state index < -0.39 is 17.8 Å². The highest BCUT2D eigenvalue weighted by atomic mass is 16.5. The SMILES string of the molecule is COCC(=O)N1CCN(C(=O)C2CCCC2C(=O)O)CC1. The molecule has 1 aliphatic heterocycles. The molecular weight excluding hydrogens is 276 g/mol. The quantitative estimate of drug-likeness (QED) is 0.777. The maximum atomic E-state index is 12.5. The van der Waals surface area contributed by atoms with Crippen molar-refractivity contribution in [3.05, 3.63) is 0 Å². The van der Waals surface area contributed by atoms with E-state index >= 15 is 0 Å². The van der Waals surface area contributed by atoms with Crippen molar-refractivity contribution >= 4 is 17.8 Å². The number of piperazine rings is 1. The molecule has 0 aromatic heterocycles. The van der Waals surface area contributed by atoms with Crippen LogP contribution in [0, 0.1) is 11.8 Å². The number of amides is 2. The highest BCUT2D eigenvalue weighted by Gasteiger charge is 2.40. The average molecular weight is 298 g/mol. The molecule has 2 fully saturated rings. The molecule has 21 heavy (non-hydrogen) atoms. The average Bonchev–Trinajstić information content (AvgIpc) is 2.96. The summed E-state index contributed by atoms with van der Waals surface area (Å²) < 4.78 is 4.82. The summed E-state index contributed by atoms with van der Waals surface area (Å²) >= 11 is 0. The molecule has 0 bridgehead atoms. The molecule has 2 atom stereocenters. The van der Waals surface area contributed by atoms with Crippen LogP contribution in [0.2, 0.25) is 0 Å². The van der Waals surface area contributed by atoms with E-state index in [0.29, 0.717) is 39.0 Å². The van der Waals surface area contributed by atoms with Crippen LogP contribution in [0.5, 0.6) is 0 Å². The highest BCUT2D eigenvalue weighted by Crippen LogP contribution is 2.33. The normalized spacial score (nSPS) is 26.0. The van der Waals surface area contributed by atoms with Crippen molar-refractivity contribution in [1.82, 2.24) is 9.80 Å². The number of carbonyl (C=O) groups is 3. The van der Waals surface area contributed by atoms with Gasteiger partial charge in [-0.15, -0.1) is 0 Å². The number of methoxy groups -OCH3 is 1. The zero-order valence-electron chi connectivity index (χ0n) is 12.3. The van der Waals surface area contributed by atoms with Gasteiger partial charge in [0.15, 0.2) is 0 Å². The fourth-order valence-electron chi connectivity index (χ4n) is 3.18. The van der Waals surface area contributed by atoms with Crippen LogP contribution >= 0.6 is 0 Å². The molecule has 1 saturated carbocycles. The molecule has 7 nitrogen and oxygen atoms in total. The third kappa shape index (κ3) is 3.53. The van der Waals surface area contributed by atoms with E-state index in [4.69, 9.17) is 9.84 Å². The van der Waals surface area contributed by atoms with E-state index in [1.165, 1.54) is 7.11 Å². The van der Waals surface area contributed by atoms with Gasteiger partial charge in [-0.1, -0.05) is 6.42 Å². The molecule has 2 aliphatic rings. The smallest absolute Gasteiger partial charge is 0.307 e. The van der Waals surface area contributed by atoms with Gasteiger partial charge in [-0.05, 0) is 12.8 Å². The summed E-state index contributed by atoms with van der Waals surface area (Å²) in [5.74, 6) is -1.97. The van der Waals surface area contributed by atoms with Crippen LogP contribution < -0.4 is 0 Å². The Bertz CT molecular complexity index is 418. The van der Waals surface area contributed by atoms with Crippen molar-refractivity contribution in [2.75, 3.05) is 39.9 Å². The van der Waals surface area contributed by atoms with E-state index in [1.54, 1.807) is 9.80 Å². The van der Waals surface area contributed by atoms with Crippen molar-refractivity contribution in [3.63, 3.8) is 0 Å². The fourth-order valence-corrected chi connectivity index (χ4v) is 3.18. The minimum absolute atomic E-state index is 0.0532. The standard InChI is InChI=1S/C14H22N2O5/c1-21-9-12(17)15-5-7-16(8-6-15)13(18)10-3-2-4-11(10)14(19)20/h10-11H,2-9H2,1H3,(H,19,20). The number of hydrogen-bond donors (Lipinski definition) is 1. The van der Waals surface area contributed by atoms with Gasteiger partial charge < -0.3 is 19.6 Å². The Morgan fingerprint density at radius 3 is 2.19 bits per heavy atom. The Labute approximate surface area is 123 Å². The Morgan fingerprint density at radius 2 is 1.62 bits per heavy atom. The van der Waals surface area contributed by atoms with Crippen molar-refractivity contribution in [2.45, 2.75) is 19.3 Å². The topological polar surface area (TPSA) is 87.2 Å². The lowest BCUT2D eigenvalue weighted by Gasteiger charge is -2.36. The number of hydrogen-bond acceptors (Lipinski definition) is 4. The lowest BCUT2D eigenvalue weighted by molar-refractivity contribution is -0.150. The number of carboxylic acids is 1. The summed E-state index contributed by atoms with van der Waals surface area (Å²) in [6, 6.07) is 0. The molecule has 2 unspecified atom stereocenters. The maximum Gasteiger partial charge on any atom is 0.307 e. The molecule has 2 amide bonds. The molecule has 1 N–H and O–H groups in total. The molecule has 1 saturated heterocycles. The van der Waals surface area contributed by atoms with Gasteiger partial charge in [-0.2, -0.15) is 0 Å². The first-order valence-corrected chi connectivity index (χ1v) is 7.33. The fraction of sp³-hybridized carbons (Fsp3) is 0.786. The second kappa shape index (κ2) is 6.89. The summed E-state index contributed by atoms with van der Waals surface area (Å²) in [5, 5.41) is 9.17. The van der Waals surface area contributed by atoms with Crippen LogP contribution in [0.25, 0.3) is 0 Å².